The van der Waals surface area contributed by atoms with Gasteiger partial charge in [0.05, 0.1) is 6.61 Å². The van der Waals surface area contributed by atoms with Gasteiger partial charge in [-0.05, 0) is 82.7 Å². The van der Waals surface area contributed by atoms with E-state index in [9.17, 15) is 0 Å². The third-order valence-corrected chi connectivity index (χ3v) is 16.3. The van der Waals surface area contributed by atoms with Crippen LogP contribution in [0.3, 0.4) is 0 Å². The van der Waals surface area contributed by atoms with E-state index in [1.165, 1.54) is 93.0 Å². The molecule has 3 heteroatoms. The van der Waals surface area contributed by atoms with Crippen LogP contribution in [-0.2, 0) is 15.8 Å². The first kappa shape index (κ1) is 43.9. The van der Waals surface area contributed by atoms with Gasteiger partial charge in [0.1, 0.15) is 0 Å². The van der Waals surface area contributed by atoms with Gasteiger partial charge in [-0.2, -0.15) is 0 Å². The van der Waals surface area contributed by atoms with Crippen LogP contribution in [-0.4, -0.2) is 21.5 Å². The molecule has 0 unspecified atom stereocenters. The minimum Gasteiger partial charge on any atom is -0.407 e. The van der Waals surface area contributed by atoms with Gasteiger partial charge in [0.25, 0.3) is 8.32 Å². The Hall–Kier alpha value is -2.46. The molecule has 288 valence electrons. The highest BCUT2D eigenvalue weighted by molar-refractivity contribution is 6.99. The molecule has 52 heavy (non-hydrogen) atoms. The zero-order chi connectivity index (χ0) is 37.7. The second kappa shape index (κ2) is 24.0. The molecule has 0 amide bonds. The topological polar surface area (TPSA) is 18.5 Å². The Morgan fingerprint density at radius 2 is 1.02 bits per heavy atom. The van der Waals surface area contributed by atoms with Gasteiger partial charge in [-0.15, -0.1) is 0 Å². The SMILES string of the molecule is C[C@H](CCCOCc1ccccc1)CCC[C@@H](C)CCC[C@@H](C)/C=C/C[C@@H](C)CCC[C@@H](C)CO[Si](c1ccccc1)(c1ccccc1)C(C)(C)C. The van der Waals surface area contributed by atoms with E-state index in [2.05, 4.69) is 159 Å². The van der Waals surface area contributed by atoms with Gasteiger partial charge in [0, 0.05) is 13.2 Å². The average molecular weight is 725 g/mol. The van der Waals surface area contributed by atoms with Crippen molar-refractivity contribution in [3.05, 3.63) is 109 Å². The summed E-state index contributed by atoms with van der Waals surface area (Å²) < 4.78 is 13.1. The fraction of sp³-hybridized carbons (Fsp3) is 0.592. The molecule has 5 atom stereocenters. The smallest absolute Gasteiger partial charge is 0.261 e. The molecular formula is C49H76O2Si. The van der Waals surface area contributed by atoms with Crippen LogP contribution in [0, 0.1) is 29.6 Å². The Bertz CT molecular complexity index is 1290. The second-order valence-electron chi connectivity index (χ2n) is 17.5. The molecule has 3 aromatic carbocycles. The highest BCUT2D eigenvalue weighted by atomic mass is 28.4. The van der Waals surface area contributed by atoms with Crippen LogP contribution in [0.1, 0.15) is 138 Å². The predicted molar refractivity (Wildman–Crippen MR) is 230 cm³/mol. The summed E-state index contributed by atoms with van der Waals surface area (Å²) in [4.78, 5) is 0. The highest BCUT2D eigenvalue weighted by Gasteiger charge is 2.50. The van der Waals surface area contributed by atoms with Crippen molar-refractivity contribution in [3.8, 4) is 0 Å². The fourth-order valence-corrected chi connectivity index (χ4v) is 12.6. The van der Waals surface area contributed by atoms with Gasteiger partial charge >= 0.3 is 0 Å². The van der Waals surface area contributed by atoms with E-state index in [1.54, 1.807) is 0 Å². The number of ether oxygens (including phenoxy) is 1. The monoisotopic (exact) mass is 725 g/mol. The van der Waals surface area contributed by atoms with Crippen molar-refractivity contribution in [2.75, 3.05) is 13.2 Å². The van der Waals surface area contributed by atoms with Crippen LogP contribution >= 0.6 is 0 Å². The molecule has 0 spiro atoms. The lowest BCUT2D eigenvalue weighted by Gasteiger charge is -2.43. The first-order valence-corrected chi connectivity index (χ1v) is 22.9. The van der Waals surface area contributed by atoms with E-state index in [1.807, 2.05) is 0 Å². The molecule has 0 aromatic heterocycles. The molecule has 0 aliphatic rings. The summed E-state index contributed by atoms with van der Waals surface area (Å²) in [5.74, 6) is 3.61. The molecule has 3 aromatic rings. The molecule has 0 aliphatic carbocycles. The van der Waals surface area contributed by atoms with Gasteiger partial charge < -0.3 is 9.16 Å². The van der Waals surface area contributed by atoms with Crippen molar-refractivity contribution >= 4 is 18.7 Å². The summed E-state index contributed by atoms with van der Waals surface area (Å²) in [6, 6.07) is 32.6. The Labute approximate surface area is 322 Å². The van der Waals surface area contributed by atoms with Gasteiger partial charge in [0.2, 0.25) is 0 Å². The van der Waals surface area contributed by atoms with Crippen LogP contribution in [0.25, 0.3) is 0 Å². The molecule has 0 fully saturated rings. The molecular weight excluding hydrogens is 649 g/mol. The minimum atomic E-state index is -2.46. The van der Waals surface area contributed by atoms with E-state index in [0.29, 0.717) is 11.8 Å². The maximum Gasteiger partial charge on any atom is 0.261 e. The van der Waals surface area contributed by atoms with Crippen molar-refractivity contribution in [3.63, 3.8) is 0 Å². The Morgan fingerprint density at radius 3 is 1.56 bits per heavy atom. The Balaban J connectivity index is 1.25. The third-order valence-electron chi connectivity index (χ3n) is 11.2. The largest absolute Gasteiger partial charge is 0.407 e. The van der Waals surface area contributed by atoms with Crippen LogP contribution in [0.5, 0.6) is 0 Å². The molecule has 0 heterocycles. The molecule has 0 bridgehead atoms. The molecule has 2 nitrogen and oxygen atoms in total. The van der Waals surface area contributed by atoms with E-state index < -0.39 is 8.32 Å². The predicted octanol–water partition coefficient (Wildman–Crippen LogP) is 13.2. The number of rotatable bonds is 26. The van der Waals surface area contributed by atoms with E-state index in [4.69, 9.17) is 9.16 Å². The lowest BCUT2D eigenvalue weighted by molar-refractivity contribution is 0.114. The summed E-state index contributed by atoms with van der Waals surface area (Å²) in [5.41, 5.74) is 1.27. The van der Waals surface area contributed by atoms with Crippen LogP contribution < -0.4 is 10.4 Å². The fourth-order valence-electron chi connectivity index (χ4n) is 7.87. The standard InChI is InChI=1S/C49H76O2Si/c1-41(23-18-24-42(2)27-20-28-44(4)31-22-38-50-40-46-32-12-9-13-33-46)25-19-26-43(3)29-21-30-45(5)39-51-52(49(6,7)8,47-34-14-10-15-35-47)48-36-16-11-17-37-48/h9-17,19,25,32-37,41-45H,18,20-24,26-31,38-40H2,1-8H3/b25-19+/t41-,42+,43-,44+,45-/m1/s1. The van der Waals surface area contributed by atoms with Crippen LogP contribution in [0.2, 0.25) is 5.04 Å². The highest BCUT2D eigenvalue weighted by Crippen LogP contribution is 2.37. The summed E-state index contributed by atoms with van der Waals surface area (Å²) >= 11 is 0. The third kappa shape index (κ3) is 15.9. The number of benzene rings is 3. The van der Waals surface area contributed by atoms with Crippen molar-refractivity contribution in [1.82, 2.24) is 0 Å². The molecule has 0 saturated carbocycles. The van der Waals surface area contributed by atoms with Gasteiger partial charge in [-0.3, -0.25) is 0 Å². The molecule has 3 rings (SSSR count). The zero-order valence-electron chi connectivity index (χ0n) is 34.6. The van der Waals surface area contributed by atoms with E-state index in [-0.39, 0.29) is 5.04 Å². The lowest BCUT2D eigenvalue weighted by atomic mass is 9.91. The number of allylic oxidation sites excluding steroid dienone is 2. The number of hydrogen-bond donors (Lipinski definition) is 0. The van der Waals surface area contributed by atoms with Crippen LogP contribution in [0.4, 0.5) is 0 Å². The maximum absolute atomic E-state index is 7.21. The maximum atomic E-state index is 7.21. The van der Waals surface area contributed by atoms with E-state index in [0.717, 1.165) is 37.6 Å². The first-order chi connectivity index (χ1) is 25.0. The van der Waals surface area contributed by atoms with E-state index >= 15 is 0 Å². The Morgan fingerprint density at radius 1 is 0.558 bits per heavy atom. The summed E-state index contributed by atoms with van der Waals surface area (Å²) in [6.07, 6.45) is 20.6. The molecule has 0 N–H and O–H groups in total. The molecule has 0 aliphatic heterocycles. The first-order valence-electron chi connectivity index (χ1n) is 21.0. The van der Waals surface area contributed by atoms with Crippen molar-refractivity contribution in [2.45, 2.75) is 144 Å². The lowest BCUT2D eigenvalue weighted by Crippen LogP contribution is -2.66. The second-order valence-corrected chi connectivity index (χ2v) is 21.8. The number of hydrogen-bond acceptors (Lipinski definition) is 2. The summed E-state index contributed by atoms with van der Waals surface area (Å²) in [6.45, 7) is 21.7. The van der Waals surface area contributed by atoms with Gasteiger partial charge in [-0.25, -0.2) is 0 Å². The van der Waals surface area contributed by atoms with Gasteiger partial charge in [-0.1, -0.05) is 203 Å². The molecule has 0 radical (unpaired) electrons. The molecule has 0 saturated heterocycles. The summed E-state index contributed by atoms with van der Waals surface area (Å²) in [7, 11) is -2.46. The van der Waals surface area contributed by atoms with Crippen molar-refractivity contribution in [2.24, 2.45) is 29.6 Å². The normalized spacial score (nSPS) is 15.4. The van der Waals surface area contributed by atoms with Gasteiger partial charge in [0.15, 0.2) is 0 Å². The average Bonchev–Trinajstić information content (AvgIpc) is 3.12. The quantitative estimate of drug-likeness (QED) is 0.0466. The Kier molecular flexibility index (Phi) is 20.3. The minimum absolute atomic E-state index is 0.0318. The van der Waals surface area contributed by atoms with Crippen molar-refractivity contribution in [1.29, 1.82) is 0 Å². The van der Waals surface area contributed by atoms with Crippen LogP contribution in [0.15, 0.2) is 103 Å². The summed E-state index contributed by atoms with van der Waals surface area (Å²) in [5, 5.41) is 2.78. The van der Waals surface area contributed by atoms with Crippen molar-refractivity contribution < 1.29 is 9.16 Å². The zero-order valence-corrected chi connectivity index (χ0v) is 35.6.